The minimum absolute atomic E-state index is 0. The summed E-state index contributed by atoms with van der Waals surface area (Å²) >= 11 is 0. The Kier molecular flexibility index (Phi) is 6.19. The van der Waals surface area contributed by atoms with Gasteiger partial charge in [0.15, 0.2) is 0 Å². The highest BCUT2D eigenvalue weighted by Gasteiger charge is 2.23. The second-order valence-electron chi connectivity index (χ2n) is 5.96. The van der Waals surface area contributed by atoms with E-state index in [9.17, 15) is 4.79 Å². The average Bonchev–Trinajstić information content (AvgIpc) is 2.99. The number of benzene rings is 1. The molecule has 2 atom stereocenters. The monoisotopic (exact) mass is 334 g/mol. The number of carbonyl (C=O) groups is 1. The van der Waals surface area contributed by atoms with Crippen molar-refractivity contribution in [3.05, 3.63) is 53.9 Å². The number of nitrogens with one attached hydrogen (secondary N) is 2. The van der Waals surface area contributed by atoms with E-state index in [1.165, 1.54) is 5.56 Å². The van der Waals surface area contributed by atoms with Crippen LogP contribution in [0.4, 0.5) is 0 Å². The minimum atomic E-state index is -0.0296. The van der Waals surface area contributed by atoms with Crippen LogP contribution in [0.15, 0.2) is 42.7 Å². The number of halogens is 1. The third-order valence-electron chi connectivity index (χ3n) is 4.18. The third-order valence-corrected chi connectivity index (χ3v) is 4.18. The summed E-state index contributed by atoms with van der Waals surface area (Å²) in [5.41, 5.74) is 1.80. The minimum Gasteiger partial charge on any atom is -0.349 e. The van der Waals surface area contributed by atoms with Crippen LogP contribution < -0.4 is 10.6 Å². The topological polar surface area (TPSA) is 58.9 Å². The van der Waals surface area contributed by atoms with Crippen LogP contribution in [0.25, 0.3) is 0 Å². The van der Waals surface area contributed by atoms with Crippen LogP contribution in [0, 0.1) is 5.92 Å². The Morgan fingerprint density at radius 1 is 1.39 bits per heavy atom. The molecule has 3 rings (SSSR count). The van der Waals surface area contributed by atoms with E-state index in [0.717, 1.165) is 19.5 Å². The van der Waals surface area contributed by atoms with Gasteiger partial charge in [-0.3, -0.25) is 9.48 Å². The van der Waals surface area contributed by atoms with Crippen molar-refractivity contribution < 1.29 is 4.79 Å². The van der Waals surface area contributed by atoms with E-state index < -0.39 is 0 Å². The van der Waals surface area contributed by atoms with Gasteiger partial charge in [-0.05, 0) is 31.0 Å². The van der Waals surface area contributed by atoms with Crippen molar-refractivity contribution >= 4 is 18.3 Å². The highest BCUT2D eigenvalue weighted by molar-refractivity contribution is 5.93. The van der Waals surface area contributed by atoms with E-state index in [2.05, 4.69) is 34.8 Å². The maximum atomic E-state index is 12.3. The van der Waals surface area contributed by atoms with Gasteiger partial charge in [0.25, 0.3) is 5.91 Å². The second kappa shape index (κ2) is 8.13. The number of carbonyl (C=O) groups excluding carboxylic acids is 1. The summed E-state index contributed by atoms with van der Waals surface area (Å²) in [7, 11) is 0. The number of aromatic nitrogens is 2. The number of piperidine rings is 1. The number of hydrogen-bond acceptors (Lipinski definition) is 3. The van der Waals surface area contributed by atoms with Crippen molar-refractivity contribution in [2.24, 2.45) is 5.92 Å². The van der Waals surface area contributed by atoms with Gasteiger partial charge in [0.05, 0.1) is 18.3 Å². The molecule has 124 valence electrons. The zero-order valence-corrected chi connectivity index (χ0v) is 14.1. The molecule has 0 radical (unpaired) electrons. The highest BCUT2D eigenvalue weighted by atomic mass is 35.5. The van der Waals surface area contributed by atoms with Gasteiger partial charge >= 0.3 is 0 Å². The van der Waals surface area contributed by atoms with Crippen LogP contribution >= 0.6 is 12.4 Å². The molecular formula is C17H23ClN4O. The Hall–Kier alpha value is -1.85. The quantitative estimate of drug-likeness (QED) is 0.900. The van der Waals surface area contributed by atoms with E-state index in [1.807, 2.05) is 24.4 Å². The molecule has 6 heteroatoms. The van der Waals surface area contributed by atoms with Gasteiger partial charge in [-0.25, -0.2) is 0 Å². The van der Waals surface area contributed by atoms with Crippen molar-refractivity contribution in [2.45, 2.75) is 25.9 Å². The molecule has 1 aliphatic heterocycles. The maximum Gasteiger partial charge on any atom is 0.254 e. The van der Waals surface area contributed by atoms with Gasteiger partial charge in [-0.1, -0.05) is 37.3 Å². The molecule has 2 unspecified atom stereocenters. The number of hydrogen-bond donors (Lipinski definition) is 2. The number of amides is 1. The molecule has 1 saturated heterocycles. The van der Waals surface area contributed by atoms with Crippen LogP contribution in [0.2, 0.25) is 0 Å². The van der Waals surface area contributed by atoms with Gasteiger partial charge in [-0.2, -0.15) is 5.10 Å². The first kappa shape index (κ1) is 17.5. The van der Waals surface area contributed by atoms with Gasteiger partial charge in [0, 0.05) is 12.2 Å². The first-order chi connectivity index (χ1) is 10.7. The largest absolute Gasteiger partial charge is 0.349 e. The molecule has 0 bridgehead atoms. The standard InChI is InChI=1S/C17H22N4O.ClH/c1-13-9-18-8-7-16(13)20-17(22)15-10-19-21(12-15)11-14-5-3-2-4-6-14;/h2-6,10,12-13,16,18H,7-9,11H2,1H3,(H,20,22);1H. The Morgan fingerprint density at radius 2 is 2.17 bits per heavy atom. The van der Waals surface area contributed by atoms with Crippen molar-refractivity contribution in [1.82, 2.24) is 20.4 Å². The SMILES string of the molecule is CC1CNCCC1NC(=O)c1cnn(Cc2ccccc2)c1.Cl. The summed E-state index contributed by atoms with van der Waals surface area (Å²) in [5.74, 6) is 0.426. The molecule has 1 amide bonds. The van der Waals surface area contributed by atoms with Crippen molar-refractivity contribution in [2.75, 3.05) is 13.1 Å². The van der Waals surface area contributed by atoms with Crippen LogP contribution in [-0.4, -0.2) is 34.8 Å². The average molecular weight is 335 g/mol. The molecule has 0 spiro atoms. The van der Waals surface area contributed by atoms with E-state index in [-0.39, 0.29) is 24.4 Å². The molecule has 5 nitrogen and oxygen atoms in total. The molecule has 2 N–H and O–H groups in total. The lowest BCUT2D eigenvalue weighted by Gasteiger charge is -2.30. The van der Waals surface area contributed by atoms with Crippen molar-refractivity contribution in [1.29, 1.82) is 0 Å². The number of nitrogens with zero attached hydrogens (tertiary/aromatic N) is 2. The first-order valence-corrected chi connectivity index (χ1v) is 7.80. The van der Waals surface area contributed by atoms with E-state index in [4.69, 9.17) is 0 Å². The zero-order valence-electron chi connectivity index (χ0n) is 13.2. The Morgan fingerprint density at radius 3 is 2.91 bits per heavy atom. The highest BCUT2D eigenvalue weighted by Crippen LogP contribution is 2.11. The molecule has 2 heterocycles. The van der Waals surface area contributed by atoms with Crippen molar-refractivity contribution in [3.63, 3.8) is 0 Å². The first-order valence-electron chi connectivity index (χ1n) is 7.80. The summed E-state index contributed by atoms with van der Waals surface area (Å²) in [6, 6.07) is 10.4. The molecule has 1 aromatic carbocycles. The van der Waals surface area contributed by atoms with Gasteiger partial charge < -0.3 is 10.6 Å². The van der Waals surface area contributed by atoms with E-state index in [0.29, 0.717) is 18.0 Å². The second-order valence-corrected chi connectivity index (χ2v) is 5.96. The lowest BCUT2D eigenvalue weighted by atomic mass is 9.95. The Balaban J connectivity index is 0.00000192. The molecule has 2 aromatic rings. The molecule has 0 saturated carbocycles. The summed E-state index contributed by atoms with van der Waals surface area (Å²) in [4.78, 5) is 12.3. The fourth-order valence-corrected chi connectivity index (χ4v) is 2.82. The van der Waals surface area contributed by atoms with Crippen LogP contribution in [0.5, 0.6) is 0 Å². The molecule has 1 fully saturated rings. The Labute approximate surface area is 142 Å². The predicted octanol–water partition coefficient (Wildman–Crippen LogP) is 2.08. The van der Waals surface area contributed by atoms with Crippen LogP contribution in [0.1, 0.15) is 29.3 Å². The lowest BCUT2D eigenvalue weighted by molar-refractivity contribution is 0.0914. The van der Waals surface area contributed by atoms with Gasteiger partial charge in [0.1, 0.15) is 0 Å². The molecule has 23 heavy (non-hydrogen) atoms. The summed E-state index contributed by atoms with van der Waals surface area (Å²) in [6.07, 6.45) is 4.43. The zero-order chi connectivity index (χ0) is 15.4. The fourth-order valence-electron chi connectivity index (χ4n) is 2.82. The fraction of sp³-hybridized carbons (Fsp3) is 0.412. The molecule has 0 aliphatic carbocycles. The normalized spacial score (nSPS) is 20.6. The maximum absolute atomic E-state index is 12.3. The van der Waals surface area contributed by atoms with Gasteiger partial charge in [-0.15, -0.1) is 12.4 Å². The van der Waals surface area contributed by atoms with Crippen LogP contribution in [0.3, 0.4) is 0 Å². The summed E-state index contributed by atoms with van der Waals surface area (Å²) < 4.78 is 1.80. The molecule has 1 aliphatic rings. The molecular weight excluding hydrogens is 312 g/mol. The third kappa shape index (κ3) is 4.56. The summed E-state index contributed by atoms with van der Waals surface area (Å²) in [6.45, 7) is 4.76. The van der Waals surface area contributed by atoms with E-state index in [1.54, 1.807) is 10.9 Å². The predicted molar refractivity (Wildman–Crippen MR) is 92.9 cm³/mol. The van der Waals surface area contributed by atoms with Gasteiger partial charge in [0.2, 0.25) is 0 Å². The van der Waals surface area contributed by atoms with Crippen molar-refractivity contribution in [3.8, 4) is 0 Å². The Bertz CT molecular complexity index is 629. The lowest BCUT2D eigenvalue weighted by Crippen LogP contribution is -2.48. The number of rotatable bonds is 4. The summed E-state index contributed by atoms with van der Waals surface area (Å²) in [5, 5.41) is 10.8. The van der Waals surface area contributed by atoms with Crippen LogP contribution in [-0.2, 0) is 6.54 Å². The smallest absolute Gasteiger partial charge is 0.254 e. The molecule has 1 aromatic heterocycles. The van der Waals surface area contributed by atoms with E-state index >= 15 is 0 Å².